The summed E-state index contributed by atoms with van der Waals surface area (Å²) in [7, 11) is 1.60. The predicted molar refractivity (Wildman–Crippen MR) is 89.2 cm³/mol. The maximum Gasteiger partial charge on any atom is 0.416 e. The first-order chi connectivity index (χ1) is 11.2. The van der Waals surface area contributed by atoms with E-state index in [2.05, 4.69) is 5.32 Å². The van der Waals surface area contributed by atoms with Gasteiger partial charge in [-0.25, -0.2) is 0 Å². The molecular weight excluding hydrogens is 315 g/mol. The highest BCUT2D eigenvalue weighted by Crippen LogP contribution is 2.40. The molecule has 0 fully saturated rings. The van der Waals surface area contributed by atoms with E-state index in [4.69, 9.17) is 4.74 Å². The van der Waals surface area contributed by atoms with Gasteiger partial charge in [0.15, 0.2) is 0 Å². The van der Waals surface area contributed by atoms with E-state index >= 15 is 0 Å². The van der Waals surface area contributed by atoms with Crippen LogP contribution in [0.3, 0.4) is 0 Å². The molecule has 1 aliphatic heterocycles. The van der Waals surface area contributed by atoms with Gasteiger partial charge in [0.1, 0.15) is 5.75 Å². The van der Waals surface area contributed by atoms with Crippen molar-refractivity contribution in [2.45, 2.75) is 25.6 Å². The lowest BCUT2D eigenvalue weighted by atomic mass is 9.86. The first-order valence-electron chi connectivity index (χ1n) is 7.57. The number of alkyl halides is 3. The summed E-state index contributed by atoms with van der Waals surface area (Å²) in [6.45, 7) is 4.03. The van der Waals surface area contributed by atoms with Crippen molar-refractivity contribution in [3.8, 4) is 5.75 Å². The zero-order chi connectivity index (χ0) is 17.5. The third-order valence-electron chi connectivity index (χ3n) is 4.00. The van der Waals surface area contributed by atoms with Crippen LogP contribution in [0.1, 0.15) is 30.5 Å². The molecule has 5 heteroatoms. The van der Waals surface area contributed by atoms with Gasteiger partial charge in [-0.3, -0.25) is 0 Å². The molecule has 3 rings (SSSR count). The van der Waals surface area contributed by atoms with Gasteiger partial charge in [0.25, 0.3) is 0 Å². The summed E-state index contributed by atoms with van der Waals surface area (Å²) in [6, 6.07) is 10.9. The molecule has 0 unspecified atom stereocenters. The van der Waals surface area contributed by atoms with Gasteiger partial charge in [0, 0.05) is 17.3 Å². The lowest BCUT2D eigenvalue weighted by Gasteiger charge is -2.32. The van der Waals surface area contributed by atoms with Crippen molar-refractivity contribution in [3.05, 3.63) is 65.2 Å². The topological polar surface area (TPSA) is 21.3 Å². The Morgan fingerprint density at radius 1 is 1.00 bits per heavy atom. The minimum Gasteiger partial charge on any atom is -0.497 e. The normalized spacial score (nSPS) is 16.0. The largest absolute Gasteiger partial charge is 0.497 e. The molecule has 1 aliphatic rings. The fourth-order valence-corrected chi connectivity index (χ4v) is 2.89. The predicted octanol–water partition coefficient (Wildman–Crippen LogP) is 5.35. The van der Waals surface area contributed by atoms with E-state index < -0.39 is 11.7 Å². The Morgan fingerprint density at radius 3 is 2.25 bits per heavy atom. The van der Waals surface area contributed by atoms with Crippen LogP contribution in [0.15, 0.2) is 48.5 Å². The molecule has 1 heterocycles. The van der Waals surface area contributed by atoms with E-state index in [-0.39, 0.29) is 5.54 Å². The average molecular weight is 333 g/mol. The number of rotatable bonds is 2. The summed E-state index contributed by atoms with van der Waals surface area (Å²) in [4.78, 5) is 0. The molecule has 0 spiro atoms. The zero-order valence-corrected chi connectivity index (χ0v) is 13.7. The highest BCUT2D eigenvalue weighted by molar-refractivity contribution is 5.90. The fourth-order valence-electron chi connectivity index (χ4n) is 2.89. The van der Waals surface area contributed by atoms with E-state index in [1.807, 2.05) is 38.1 Å². The second kappa shape index (κ2) is 5.58. The van der Waals surface area contributed by atoms with Gasteiger partial charge in [-0.1, -0.05) is 18.2 Å². The van der Waals surface area contributed by atoms with E-state index in [1.165, 1.54) is 12.1 Å². The molecule has 0 atom stereocenters. The third kappa shape index (κ3) is 3.11. The van der Waals surface area contributed by atoms with Crippen LogP contribution in [-0.4, -0.2) is 12.6 Å². The lowest BCUT2D eigenvalue weighted by Crippen LogP contribution is -2.31. The average Bonchev–Trinajstić information content (AvgIpc) is 2.52. The number of benzene rings is 2. The van der Waals surface area contributed by atoms with Crippen LogP contribution < -0.4 is 10.1 Å². The Hall–Kier alpha value is -2.43. The van der Waals surface area contributed by atoms with Crippen molar-refractivity contribution >= 4 is 11.3 Å². The maximum absolute atomic E-state index is 12.8. The number of hydrogen-bond donors (Lipinski definition) is 1. The molecule has 0 radical (unpaired) electrons. The molecule has 2 aromatic carbocycles. The third-order valence-corrected chi connectivity index (χ3v) is 4.00. The lowest BCUT2D eigenvalue weighted by molar-refractivity contribution is -0.137. The molecule has 2 aromatic rings. The Labute approximate surface area is 139 Å². The first kappa shape index (κ1) is 16.4. The van der Waals surface area contributed by atoms with E-state index in [0.29, 0.717) is 0 Å². The van der Waals surface area contributed by atoms with Crippen LogP contribution in [0.5, 0.6) is 5.75 Å². The quantitative estimate of drug-likeness (QED) is 0.800. The molecule has 2 nitrogen and oxygen atoms in total. The summed E-state index contributed by atoms with van der Waals surface area (Å²) in [5.41, 5.74) is 2.54. The monoisotopic (exact) mass is 333 g/mol. The summed E-state index contributed by atoms with van der Waals surface area (Å²) < 4.78 is 43.6. The van der Waals surface area contributed by atoms with Crippen molar-refractivity contribution in [2.75, 3.05) is 12.4 Å². The van der Waals surface area contributed by atoms with Crippen LogP contribution >= 0.6 is 0 Å². The molecule has 0 saturated carbocycles. The Kier molecular flexibility index (Phi) is 3.82. The fraction of sp³-hybridized carbons (Fsp3) is 0.263. The SMILES string of the molecule is COc1ccc2c(c1)NC(C)(C)C=C2c1ccc(C(F)(F)F)cc1. The maximum atomic E-state index is 12.8. The summed E-state index contributed by atoms with van der Waals surface area (Å²) in [5, 5.41) is 3.41. The smallest absolute Gasteiger partial charge is 0.416 e. The van der Waals surface area contributed by atoms with Gasteiger partial charge in [-0.05, 0) is 49.2 Å². The standard InChI is InChI=1S/C19H18F3NO/c1-18(2)11-16(12-4-6-13(7-5-12)19(20,21)22)15-9-8-14(24-3)10-17(15)23-18/h4-11,23H,1-3H3. The van der Waals surface area contributed by atoms with Crippen molar-refractivity contribution < 1.29 is 17.9 Å². The van der Waals surface area contributed by atoms with Crippen LogP contribution in [0, 0.1) is 0 Å². The Balaban J connectivity index is 2.08. The molecule has 0 aromatic heterocycles. The molecule has 0 amide bonds. The van der Waals surface area contributed by atoms with Crippen LogP contribution in [0.25, 0.3) is 5.57 Å². The minimum atomic E-state index is -4.33. The first-order valence-corrected chi connectivity index (χ1v) is 7.57. The zero-order valence-electron chi connectivity index (χ0n) is 13.7. The number of fused-ring (bicyclic) bond motifs is 1. The number of ether oxygens (including phenoxy) is 1. The van der Waals surface area contributed by atoms with Gasteiger partial charge < -0.3 is 10.1 Å². The second-order valence-corrected chi connectivity index (χ2v) is 6.39. The second-order valence-electron chi connectivity index (χ2n) is 6.39. The van der Waals surface area contributed by atoms with Crippen molar-refractivity contribution in [3.63, 3.8) is 0 Å². The molecule has 0 bridgehead atoms. The van der Waals surface area contributed by atoms with Crippen LogP contribution in [0.2, 0.25) is 0 Å². The Bertz CT molecular complexity index is 789. The molecule has 24 heavy (non-hydrogen) atoms. The number of methoxy groups -OCH3 is 1. The van der Waals surface area contributed by atoms with E-state index in [1.54, 1.807) is 7.11 Å². The summed E-state index contributed by atoms with van der Waals surface area (Å²) in [5.74, 6) is 0.728. The highest BCUT2D eigenvalue weighted by atomic mass is 19.4. The minimum absolute atomic E-state index is 0.322. The van der Waals surface area contributed by atoms with Gasteiger partial charge >= 0.3 is 6.18 Å². The van der Waals surface area contributed by atoms with E-state index in [0.717, 1.165) is 40.3 Å². The summed E-state index contributed by atoms with van der Waals surface area (Å²) in [6.07, 6.45) is -2.30. The summed E-state index contributed by atoms with van der Waals surface area (Å²) >= 11 is 0. The number of nitrogens with one attached hydrogen (secondary N) is 1. The van der Waals surface area contributed by atoms with Gasteiger partial charge in [0.2, 0.25) is 0 Å². The van der Waals surface area contributed by atoms with Gasteiger partial charge in [0.05, 0.1) is 18.2 Å². The number of anilines is 1. The number of hydrogen-bond acceptors (Lipinski definition) is 2. The van der Waals surface area contributed by atoms with Crippen molar-refractivity contribution in [2.24, 2.45) is 0 Å². The van der Waals surface area contributed by atoms with Crippen molar-refractivity contribution in [1.29, 1.82) is 0 Å². The molecule has 1 N–H and O–H groups in total. The van der Waals surface area contributed by atoms with Crippen LogP contribution in [0.4, 0.5) is 18.9 Å². The Morgan fingerprint density at radius 2 is 1.67 bits per heavy atom. The molecule has 0 aliphatic carbocycles. The van der Waals surface area contributed by atoms with Gasteiger partial charge in [-0.15, -0.1) is 0 Å². The molecular formula is C19H18F3NO. The van der Waals surface area contributed by atoms with Gasteiger partial charge in [-0.2, -0.15) is 13.2 Å². The molecule has 126 valence electrons. The van der Waals surface area contributed by atoms with Crippen LogP contribution in [-0.2, 0) is 6.18 Å². The number of halogens is 3. The van der Waals surface area contributed by atoms with Crippen molar-refractivity contribution in [1.82, 2.24) is 0 Å². The highest BCUT2D eigenvalue weighted by Gasteiger charge is 2.31. The molecule has 0 saturated heterocycles. The van der Waals surface area contributed by atoms with E-state index in [9.17, 15) is 13.2 Å².